The van der Waals surface area contributed by atoms with Crippen molar-refractivity contribution in [3.63, 3.8) is 0 Å². The van der Waals surface area contributed by atoms with Crippen LogP contribution in [0, 0.1) is 6.92 Å². The quantitative estimate of drug-likeness (QED) is 0.865. The van der Waals surface area contributed by atoms with Gasteiger partial charge in [-0.1, -0.05) is 6.92 Å². The number of hydrogen-bond donors (Lipinski definition) is 1. The first-order valence-corrected chi connectivity index (χ1v) is 8.18. The van der Waals surface area contributed by atoms with E-state index in [9.17, 15) is 0 Å². The van der Waals surface area contributed by atoms with Crippen molar-refractivity contribution in [3.05, 3.63) is 38.5 Å². The van der Waals surface area contributed by atoms with Gasteiger partial charge in [-0.25, -0.2) is 4.98 Å². The second kappa shape index (κ2) is 6.68. The molecule has 0 radical (unpaired) electrons. The molecule has 0 spiro atoms. The fourth-order valence-corrected chi connectivity index (χ4v) is 3.84. The third-order valence-electron chi connectivity index (χ3n) is 3.25. The molecule has 0 saturated heterocycles. The summed E-state index contributed by atoms with van der Waals surface area (Å²) in [7, 11) is 2.05. The van der Waals surface area contributed by atoms with Crippen LogP contribution in [0.4, 0.5) is 0 Å². The molecule has 0 aliphatic rings. The summed E-state index contributed by atoms with van der Waals surface area (Å²) < 4.78 is 3.33. The van der Waals surface area contributed by atoms with Crippen LogP contribution >= 0.6 is 27.3 Å². The lowest BCUT2D eigenvalue weighted by molar-refractivity contribution is 0.512. The molecule has 0 aliphatic carbocycles. The summed E-state index contributed by atoms with van der Waals surface area (Å²) in [5.74, 6) is 1.15. The number of nitrogens with zero attached hydrogens (tertiary/aromatic N) is 2. The number of nitrogens with one attached hydrogen (secondary N) is 1. The number of thiophene rings is 1. The van der Waals surface area contributed by atoms with Gasteiger partial charge in [0.15, 0.2) is 0 Å². The lowest BCUT2D eigenvalue weighted by Gasteiger charge is -2.16. The summed E-state index contributed by atoms with van der Waals surface area (Å²) in [4.78, 5) is 5.80. The highest BCUT2D eigenvalue weighted by Crippen LogP contribution is 2.33. The Hall–Kier alpha value is -0.650. The summed E-state index contributed by atoms with van der Waals surface area (Å²) in [6.45, 7) is 5.29. The van der Waals surface area contributed by atoms with Crippen LogP contribution in [0.2, 0.25) is 0 Å². The molecule has 2 aromatic heterocycles. The SMILES string of the molecule is CCNC(CCc1nccn1C)c1cc(C)c(Br)s1. The number of aryl methyl sites for hydroxylation is 3. The number of halogens is 1. The molecule has 0 aliphatic heterocycles. The molecule has 2 rings (SSSR count). The predicted octanol–water partition coefficient (Wildman–Crippen LogP) is 3.84. The Bertz CT molecular complexity index is 513. The third kappa shape index (κ3) is 3.68. The zero-order valence-electron chi connectivity index (χ0n) is 11.6. The Balaban J connectivity index is 2.06. The average molecular weight is 342 g/mol. The van der Waals surface area contributed by atoms with E-state index >= 15 is 0 Å². The Morgan fingerprint density at radius 1 is 1.53 bits per heavy atom. The Morgan fingerprint density at radius 3 is 2.84 bits per heavy atom. The van der Waals surface area contributed by atoms with Gasteiger partial charge in [-0.15, -0.1) is 11.3 Å². The zero-order valence-corrected chi connectivity index (χ0v) is 14.0. The van der Waals surface area contributed by atoms with Gasteiger partial charge in [-0.05, 0) is 47.4 Å². The van der Waals surface area contributed by atoms with E-state index in [1.165, 1.54) is 14.2 Å². The summed E-state index contributed by atoms with van der Waals surface area (Å²) in [5, 5.41) is 3.57. The number of hydrogen-bond acceptors (Lipinski definition) is 3. The van der Waals surface area contributed by atoms with Crippen molar-refractivity contribution in [2.24, 2.45) is 7.05 Å². The lowest BCUT2D eigenvalue weighted by atomic mass is 10.1. The van der Waals surface area contributed by atoms with Gasteiger partial charge in [-0.2, -0.15) is 0 Å². The molecule has 5 heteroatoms. The predicted molar refractivity (Wildman–Crippen MR) is 84.7 cm³/mol. The van der Waals surface area contributed by atoms with Crippen LogP contribution in [0.25, 0.3) is 0 Å². The van der Waals surface area contributed by atoms with Crippen LogP contribution in [0.15, 0.2) is 22.2 Å². The molecule has 0 bridgehead atoms. The molecule has 3 nitrogen and oxygen atoms in total. The van der Waals surface area contributed by atoms with Gasteiger partial charge in [0.1, 0.15) is 5.82 Å². The molecular weight excluding hydrogens is 322 g/mol. The van der Waals surface area contributed by atoms with Gasteiger partial charge < -0.3 is 9.88 Å². The maximum absolute atomic E-state index is 4.39. The molecule has 1 N–H and O–H groups in total. The van der Waals surface area contributed by atoms with Crippen LogP contribution in [0.3, 0.4) is 0 Å². The van der Waals surface area contributed by atoms with Gasteiger partial charge in [0, 0.05) is 36.8 Å². The minimum atomic E-state index is 0.414. The van der Waals surface area contributed by atoms with Gasteiger partial charge in [0.25, 0.3) is 0 Å². The molecule has 19 heavy (non-hydrogen) atoms. The van der Waals surface area contributed by atoms with E-state index in [-0.39, 0.29) is 0 Å². The van der Waals surface area contributed by atoms with Crippen molar-refractivity contribution in [2.45, 2.75) is 32.7 Å². The second-order valence-corrected chi connectivity index (χ2v) is 7.11. The van der Waals surface area contributed by atoms with Crippen molar-refractivity contribution in [3.8, 4) is 0 Å². The van der Waals surface area contributed by atoms with E-state index in [1.807, 2.05) is 23.7 Å². The normalized spacial score (nSPS) is 12.8. The summed E-state index contributed by atoms with van der Waals surface area (Å²) in [5.41, 5.74) is 1.32. The standard InChI is InChI=1S/C14H20BrN3S/c1-4-16-11(12-9-10(2)14(15)19-12)5-6-13-17-7-8-18(13)3/h7-9,11,16H,4-6H2,1-3H3. The van der Waals surface area contributed by atoms with Gasteiger partial charge in [0.05, 0.1) is 3.79 Å². The first kappa shape index (κ1) is 14.8. The van der Waals surface area contributed by atoms with Crippen molar-refractivity contribution in [1.29, 1.82) is 0 Å². The minimum absolute atomic E-state index is 0.414. The number of aromatic nitrogens is 2. The summed E-state index contributed by atoms with van der Waals surface area (Å²) in [6.07, 6.45) is 5.94. The second-order valence-electron chi connectivity index (χ2n) is 4.71. The average Bonchev–Trinajstić information content (AvgIpc) is 2.92. The van der Waals surface area contributed by atoms with Crippen LogP contribution in [0.1, 0.15) is 35.7 Å². The van der Waals surface area contributed by atoms with E-state index in [0.29, 0.717) is 6.04 Å². The maximum Gasteiger partial charge on any atom is 0.108 e. The van der Waals surface area contributed by atoms with Crippen molar-refractivity contribution in [2.75, 3.05) is 6.54 Å². The van der Waals surface area contributed by atoms with E-state index in [2.05, 4.69) is 57.8 Å². The van der Waals surface area contributed by atoms with E-state index in [4.69, 9.17) is 0 Å². The molecule has 0 aromatic carbocycles. The molecule has 0 fully saturated rings. The van der Waals surface area contributed by atoms with E-state index in [0.717, 1.165) is 25.2 Å². The van der Waals surface area contributed by atoms with Crippen molar-refractivity contribution in [1.82, 2.24) is 14.9 Å². The van der Waals surface area contributed by atoms with E-state index in [1.54, 1.807) is 0 Å². The van der Waals surface area contributed by atoms with E-state index < -0.39 is 0 Å². The summed E-state index contributed by atoms with van der Waals surface area (Å²) >= 11 is 5.44. The highest BCUT2D eigenvalue weighted by Gasteiger charge is 2.15. The molecule has 104 valence electrons. The molecule has 2 heterocycles. The fraction of sp³-hybridized carbons (Fsp3) is 0.500. The van der Waals surface area contributed by atoms with Crippen molar-refractivity contribution < 1.29 is 0 Å². The molecule has 1 atom stereocenters. The maximum atomic E-state index is 4.39. The van der Waals surface area contributed by atoms with Gasteiger partial charge in [-0.3, -0.25) is 0 Å². The molecule has 0 saturated carbocycles. The molecule has 2 aromatic rings. The molecular formula is C14H20BrN3S. The minimum Gasteiger partial charge on any atom is -0.338 e. The topological polar surface area (TPSA) is 29.9 Å². The summed E-state index contributed by atoms with van der Waals surface area (Å²) in [6, 6.07) is 2.69. The molecule has 0 amide bonds. The highest BCUT2D eigenvalue weighted by molar-refractivity contribution is 9.11. The zero-order chi connectivity index (χ0) is 13.8. The first-order chi connectivity index (χ1) is 9.11. The van der Waals surface area contributed by atoms with Crippen LogP contribution in [-0.4, -0.2) is 16.1 Å². The Kier molecular flexibility index (Phi) is 5.19. The largest absolute Gasteiger partial charge is 0.338 e. The van der Waals surface area contributed by atoms with Gasteiger partial charge >= 0.3 is 0 Å². The Labute approximate surface area is 127 Å². The van der Waals surface area contributed by atoms with Crippen LogP contribution in [0.5, 0.6) is 0 Å². The number of imidazole rings is 1. The molecule has 1 unspecified atom stereocenters. The highest BCUT2D eigenvalue weighted by atomic mass is 79.9. The van der Waals surface area contributed by atoms with Gasteiger partial charge in [0.2, 0.25) is 0 Å². The lowest BCUT2D eigenvalue weighted by Crippen LogP contribution is -2.21. The first-order valence-electron chi connectivity index (χ1n) is 6.57. The van der Waals surface area contributed by atoms with Crippen LogP contribution in [-0.2, 0) is 13.5 Å². The Morgan fingerprint density at radius 2 is 2.32 bits per heavy atom. The van der Waals surface area contributed by atoms with Crippen LogP contribution < -0.4 is 5.32 Å². The number of rotatable bonds is 6. The smallest absolute Gasteiger partial charge is 0.108 e. The monoisotopic (exact) mass is 341 g/mol. The third-order valence-corrected chi connectivity index (χ3v) is 5.50. The van der Waals surface area contributed by atoms with Crippen molar-refractivity contribution >= 4 is 27.3 Å². The fourth-order valence-electron chi connectivity index (χ4n) is 2.16.